The molecule has 1 amide bonds. The maximum atomic E-state index is 12.1. The Morgan fingerprint density at radius 1 is 1.40 bits per heavy atom. The molecule has 0 spiro atoms. The first-order valence-corrected chi connectivity index (χ1v) is 6.04. The van der Waals surface area contributed by atoms with Gasteiger partial charge in [0.15, 0.2) is 0 Å². The first-order valence-electron chi connectivity index (χ1n) is 5.66. The molecule has 1 N–H and O–H groups in total. The van der Waals surface area contributed by atoms with E-state index < -0.39 is 10.8 Å². The zero-order valence-electron chi connectivity index (χ0n) is 10.5. The minimum Gasteiger partial charge on any atom is -0.320 e. The molecule has 1 heterocycles. The predicted octanol–water partition coefficient (Wildman–Crippen LogP) is 3.20. The molecule has 1 aromatic heterocycles. The van der Waals surface area contributed by atoms with E-state index in [4.69, 9.17) is 11.6 Å². The second-order valence-electron chi connectivity index (χ2n) is 4.01. The van der Waals surface area contributed by atoms with E-state index in [9.17, 15) is 14.9 Å². The second-order valence-corrected chi connectivity index (χ2v) is 4.42. The lowest BCUT2D eigenvalue weighted by Gasteiger charge is -2.08. The first kappa shape index (κ1) is 14.0. The number of anilines is 1. The number of hydrogen-bond donors (Lipinski definition) is 1. The second kappa shape index (κ2) is 5.66. The van der Waals surface area contributed by atoms with Crippen LogP contribution in [-0.2, 0) is 0 Å². The zero-order chi connectivity index (χ0) is 14.7. The molecule has 102 valence electrons. The molecule has 7 heteroatoms. The molecular weight excluding hydrogens is 282 g/mol. The quantitative estimate of drug-likeness (QED) is 0.695. The van der Waals surface area contributed by atoms with Gasteiger partial charge in [0.05, 0.1) is 26.9 Å². The third-order valence-electron chi connectivity index (χ3n) is 2.66. The highest BCUT2D eigenvalue weighted by atomic mass is 35.5. The molecule has 0 unspecified atom stereocenters. The summed E-state index contributed by atoms with van der Waals surface area (Å²) in [7, 11) is 0. The van der Waals surface area contributed by atoms with Crippen LogP contribution in [0, 0.1) is 17.0 Å². The Hall–Kier alpha value is -2.47. The molecule has 2 rings (SSSR count). The van der Waals surface area contributed by atoms with Crippen molar-refractivity contribution in [3.8, 4) is 0 Å². The Morgan fingerprint density at radius 3 is 2.75 bits per heavy atom. The average molecular weight is 292 g/mol. The molecule has 0 radical (unpaired) electrons. The molecule has 6 nitrogen and oxygen atoms in total. The number of amides is 1. The summed E-state index contributed by atoms with van der Waals surface area (Å²) in [6, 6.07) is 7.10. The summed E-state index contributed by atoms with van der Waals surface area (Å²) in [4.78, 5) is 26.2. The number of carbonyl (C=O) groups excluding carboxylic acids is 1. The van der Waals surface area contributed by atoms with Gasteiger partial charge < -0.3 is 5.32 Å². The monoisotopic (exact) mass is 291 g/mol. The van der Waals surface area contributed by atoms with Crippen LogP contribution in [0.2, 0.25) is 5.02 Å². The van der Waals surface area contributed by atoms with Gasteiger partial charge in [-0.3, -0.25) is 19.9 Å². The van der Waals surface area contributed by atoms with Gasteiger partial charge in [-0.25, -0.2) is 0 Å². The fourth-order valence-corrected chi connectivity index (χ4v) is 1.87. The van der Waals surface area contributed by atoms with Gasteiger partial charge >= 0.3 is 0 Å². The molecule has 0 fully saturated rings. The third kappa shape index (κ3) is 2.92. The van der Waals surface area contributed by atoms with Crippen LogP contribution in [0.1, 0.15) is 16.1 Å². The topological polar surface area (TPSA) is 85.1 Å². The standard InChI is InChI=1S/C13H10ClN3O3/c1-8-12(3-2-6-15-8)16-13(18)10-5-4-9(17(19)20)7-11(10)14/h2-7H,1H3,(H,16,18). The van der Waals surface area contributed by atoms with Gasteiger partial charge in [-0.2, -0.15) is 0 Å². The molecule has 2 aromatic rings. The lowest BCUT2D eigenvalue weighted by molar-refractivity contribution is -0.384. The number of nitrogens with one attached hydrogen (secondary N) is 1. The van der Waals surface area contributed by atoms with Crippen molar-refractivity contribution in [1.82, 2.24) is 4.98 Å². The molecule has 0 aliphatic heterocycles. The van der Waals surface area contributed by atoms with Crippen molar-refractivity contribution in [3.63, 3.8) is 0 Å². The number of hydrogen-bond acceptors (Lipinski definition) is 4. The van der Waals surface area contributed by atoms with Gasteiger partial charge in [0.25, 0.3) is 11.6 Å². The molecule has 1 aromatic carbocycles. The summed E-state index contributed by atoms with van der Waals surface area (Å²) in [6.45, 7) is 1.76. The maximum Gasteiger partial charge on any atom is 0.270 e. The van der Waals surface area contributed by atoms with E-state index in [2.05, 4.69) is 10.3 Å². The number of benzene rings is 1. The van der Waals surface area contributed by atoms with Crippen LogP contribution in [0.3, 0.4) is 0 Å². The highest BCUT2D eigenvalue weighted by Crippen LogP contribution is 2.23. The summed E-state index contributed by atoms with van der Waals surface area (Å²) in [6.07, 6.45) is 1.61. The SMILES string of the molecule is Cc1ncccc1NC(=O)c1ccc([N+](=O)[O-])cc1Cl. The Labute approximate surface area is 119 Å². The van der Waals surface area contributed by atoms with Gasteiger partial charge in [0.1, 0.15) is 0 Å². The summed E-state index contributed by atoms with van der Waals surface area (Å²) < 4.78 is 0. The minimum atomic E-state index is -0.571. The zero-order valence-corrected chi connectivity index (χ0v) is 11.2. The van der Waals surface area contributed by atoms with E-state index in [1.807, 2.05) is 0 Å². The Morgan fingerprint density at radius 2 is 2.15 bits per heavy atom. The van der Waals surface area contributed by atoms with Crippen molar-refractivity contribution in [2.24, 2.45) is 0 Å². The smallest absolute Gasteiger partial charge is 0.270 e. The van der Waals surface area contributed by atoms with E-state index in [0.717, 1.165) is 6.07 Å². The number of non-ortho nitro benzene ring substituents is 1. The van der Waals surface area contributed by atoms with E-state index in [1.165, 1.54) is 12.1 Å². The highest BCUT2D eigenvalue weighted by molar-refractivity contribution is 6.34. The minimum absolute atomic E-state index is 0.0262. The summed E-state index contributed by atoms with van der Waals surface area (Å²) >= 11 is 5.89. The fourth-order valence-electron chi connectivity index (χ4n) is 1.61. The number of pyridine rings is 1. The molecule has 20 heavy (non-hydrogen) atoms. The van der Waals surface area contributed by atoms with Crippen molar-refractivity contribution in [2.45, 2.75) is 6.92 Å². The number of nitro groups is 1. The Bertz CT molecular complexity index is 688. The Kier molecular flexibility index (Phi) is 3.95. The fraction of sp³-hybridized carbons (Fsp3) is 0.0769. The summed E-state index contributed by atoms with van der Waals surface area (Å²) in [5.41, 5.74) is 1.23. The van der Waals surface area contributed by atoms with Crippen LogP contribution in [0.25, 0.3) is 0 Å². The summed E-state index contributed by atoms with van der Waals surface area (Å²) in [5.74, 6) is -0.444. The van der Waals surface area contributed by atoms with E-state index in [0.29, 0.717) is 11.4 Å². The first-order chi connectivity index (χ1) is 9.49. The number of carbonyl (C=O) groups is 1. The van der Waals surface area contributed by atoms with E-state index in [1.54, 1.807) is 25.3 Å². The number of aryl methyl sites for hydroxylation is 1. The maximum absolute atomic E-state index is 12.1. The Balaban J connectivity index is 2.26. The number of nitrogens with zero attached hydrogens (tertiary/aromatic N) is 2. The molecule has 0 saturated carbocycles. The van der Waals surface area contributed by atoms with Crippen LogP contribution in [0.4, 0.5) is 11.4 Å². The van der Waals surface area contributed by atoms with Gasteiger partial charge in [0, 0.05) is 18.3 Å². The van der Waals surface area contributed by atoms with Gasteiger partial charge in [-0.1, -0.05) is 11.6 Å². The van der Waals surface area contributed by atoms with E-state index in [-0.39, 0.29) is 16.3 Å². The van der Waals surface area contributed by atoms with Crippen molar-refractivity contribution in [3.05, 3.63) is 62.9 Å². The molecule has 0 bridgehead atoms. The van der Waals surface area contributed by atoms with Crippen LogP contribution >= 0.6 is 11.6 Å². The molecule has 0 aliphatic carbocycles. The molecule has 0 saturated heterocycles. The number of nitro benzene ring substituents is 1. The van der Waals surface area contributed by atoms with Crippen LogP contribution < -0.4 is 5.32 Å². The molecule has 0 atom stereocenters. The normalized spacial score (nSPS) is 10.1. The highest BCUT2D eigenvalue weighted by Gasteiger charge is 2.15. The van der Waals surface area contributed by atoms with Gasteiger partial charge in [-0.15, -0.1) is 0 Å². The molecular formula is C13H10ClN3O3. The van der Waals surface area contributed by atoms with Crippen LogP contribution in [0.5, 0.6) is 0 Å². The van der Waals surface area contributed by atoms with Crippen molar-refractivity contribution < 1.29 is 9.72 Å². The van der Waals surface area contributed by atoms with Crippen LogP contribution in [0.15, 0.2) is 36.5 Å². The largest absolute Gasteiger partial charge is 0.320 e. The van der Waals surface area contributed by atoms with Crippen molar-refractivity contribution >= 4 is 28.9 Å². The average Bonchev–Trinajstić information content (AvgIpc) is 2.41. The number of aromatic nitrogens is 1. The third-order valence-corrected chi connectivity index (χ3v) is 2.98. The number of rotatable bonds is 3. The molecule has 0 aliphatic rings. The van der Waals surface area contributed by atoms with Crippen molar-refractivity contribution in [1.29, 1.82) is 0 Å². The van der Waals surface area contributed by atoms with Crippen LogP contribution in [-0.4, -0.2) is 15.8 Å². The summed E-state index contributed by atoms with van der Waals surface area (Å²) in [5, 5.41) is 13.3. The predicted molar refractivity (Wildman–Crippen MR) is 75.0 cm³/mol. The lowest BCUT2D eigenvalue weighted by atomic mass is 10.2. The lowest BCUT2D eigenvalue weighted by Crippen LogP contribution is -2.13. The van der Waals surface area contributed by atoms with Gasteiger partial charge in [0.2, 0.25) is 0 Å². The van der Waals surface area contributed by atoms with Crippen molar-refractivity contribution in [2.75, 3.05) is 5.32 Å². The van der Waals surface area contributed by atoms with Gasteiger partial charge in [-0.05, 0) is 25.1 Å². The number of halogens is 1. The van der Waals surface area contributed by atoms with E-state index >= 15 is 0 Å².